The molecule has 2 N–H and O–H groups in total. The molecule has 0 radical (unpaired) electrons. The Kier molecular flexibility index (Phi) is 4.24. The van der Waals surface area contributed by atoms with Gasteiger partial charge in [-0.05, 0) is 23.6 Å². The summed E-state index contributed by atoms with van der Waals surface area (Å²) in [6.07, 6.45) is 4.05. The Bertz CT molecular complexity index is 637. The van der Waals surface area contributed by atoms with Crippen molar-refractivity contribution in [1.29, 1.82) is 0 Å². The highest BCUT2D eigenvalue weighted by Gasteiger charge is 2.35. The molecule has 1 saturated heterocycles. The minimum atomic E-state index is 0.157. The van der Waals surface area contributed by atoms with Crippen molar-refractivity contribution in [1.82, 2.24) is 14.7 Å². The summed E-state index contributed by atoms with van der Waals surface area (Å²) in [4.78, 5) is 14.5. The minimum absolute atomic E-state index is 0.157. The lowest BCUT2D eigenvalue weighted by molar-refractivity contribution is -0.129. The standard InChI is InChI=1S/C17H22N4O/c1-20-10-13(9-19-20)7-17(22)21-11-15(8-18)16(12-21)14-5-3-2-4-6-14/h2-6,9-10,15-16H,7-8,11-12,18H2,1H3/t15-,16+/m1/s1. The second kappa shape index (κ2) is 6.32. The molecule has 0 unspecified atom stereocenters. The molecule has 22 heavy (non-hydrogen) atoms. The summed E-state index contributed by atoms with van der Waals surface area (Å²) in [5.41, 5.74) is 8.16. The Morgan fingerprint density at radius 3 is 2.73 bits per heavy atom. The first-order valence-electron chi connectivity index (χ1n) is 7.67. The first-order valence-corrected chi connectivity index (χ1v) is 7.67. The number of carbonyl (C=O) groups is 1. The predicted molar refractivity (Wildman–Crippen MR) is 85.2 cm³/mol. The number of nitrogens with two attached hydrogens (primary N) is 1. The number of aromatic nitrogens is 2. The van der Waals surface area contributed by atoms with Crippen LogP contribution in [0.2, 0.25) is 0 Å². The molecule has 116 valence electrons. The molecule has 2 heterocycles. The molecule has 5 nitrogen and oxygen atoms in total. The molecular formula is C17H22N4O. The van der Waals surface area contributed by atoms with Crippen LogP contribution in [0.1, 0.15) is 17.0 Å². The van der Waals surface area contributed by atoms with E-state index in [1.807, 2.05) is 36.3 Å². The van der Waals surface area contributed by atoms with E-state index in [1.54, 1.807) is 10.9 Å². The number of carbonyl (C=O) groups excluding carboxylic acids is 1. The van der Waals surface area contributed by atoms with Crippen LogP contribution in [0.25, 0.3) is 0 Å². The number of nitrogens with zero attached hydrogens (tertiary/aromatic N) is 3. The molecule has 3 rings (SSSR count). The predicted octanol–water partition coefficient (Wildman–Crippen LogP) is 1.16. The van der Waals surface area contributed by atoms with E-state index in [2.05, 4.69) is 17.2 Å². The van der Waals surface area contributed by atoms with Gasteiger partial charge in [-0.2, -0.15) is 5.10 Å². The molecule has 0 aliphatic carbocycles. The number of rotatable bonds is 4. The Balaban J connectivity index is 1.69. The van der Waals surface area contributed by atoms with Crippen molar-refractivity contribution in [3.05, 3.63) is 53.9 Å². The Labute approximate surface area is 130 Å². The van der Waals surface area contributed by atoms with Crippen molar-refractivity contribution in [2.75, 3.05) is 19.6 Å². The van der Waals surface area contributed by atoms with Crippen LogP contribution in [-0.4, -0.2) is 40.2 Å². The van der Waals surface area contributed by atoms with Gasteiger partial charge in [-0.15, -0.1) is 0 Å². The summed E-state index contributed by atoms with van der Waals surface area (Å²) >= 11 is 0. The lowest BCUT2D eigenvalue weighted by Crippen LogP contribution is -2.31. The molecule has 1 aromatic heterocycles. The van der Waals surface area contributed by atoms with Crippen molar-refractivity contribution in [2.45, 2.75) is 12.3 Å². The topological polar surface area (TPSA) is 64.2 Å². The van der Waals surface area contributed by atoms with Gasteiger partial charge in [0.25, 0.3) is 0 Å². The van der Waals surface area contributed by atoms with E-state index in [0.717, 1.165) is 18.7 Å². The Morgan fingerprint density at radius 1 is 1.32 bits per heavy atom. The normalized spacial score (nSPS) is 21.3. The van der Waals surface area contributed by atoms with Crippen LogP contribution in [-0.2, 0) is 18.3 Å². The van der Waals surface area contributed by atoms with Crippen molar-refractivity contribution >= 4 is 5.91 Å². The van der Waals surface area contributed by atoms with Gasteiger partial charge in [0, 0.05) is 32.3 Å². The maximum Gasteiger partial charge on any atom is 0.227 e. The molecule has 1 aliphatic rings. The number of likely N-dealkylation sites (tertiary alicyclic amines) is 1. The summed E-state index contributed by atoms with van der Waals surface area (Å²) < 4.78 is 1.72. The van der Waals surface area contributed by atoms with Crippen LogP contribution in [0.3, 0.4) is 0 Å². The second-order valence-electron chi connectivity index (χ2n) is 6.01. The highest BCUT2D eigenvalue weighted by molar-refractivity contribution is 5.79. The maximum atomic E-state index is 12.5. The zero-order valence-electron chi connectivity index (χ0n) is 12.9. The van der Waals surface area contributed by atoms with E-state index in [-0.39, 0.29) is 5.91 Å². The van der Waals surface area contributed by atoms with Gasteiger partial charge in [0.1, 0.15) is 0 Å². The third-order valence-corrected chi connectivity index (χ3v) is 4.44. The molecule has 1 aliphatic heterocycles. The third kappa shape index (κ3) is 3.04. The number of amides is 1. The van der Waals surface area contributed by atoms with Crippen LogP contribution >= 0.6 is 0 Å². The molecule has 0 spiro atoms. The van der Waals surface area contributed by atoms with Gasteiger partial charge in [-0.3, -0.25) is 9.48 Å². The van der Waals surface area contributed by atoms with Crippen LogP contribution in [0.15, 0.2) is 42.7 Å². The molecule has 0 saturated carbocycles. The first-order chi connectivity index (χ1) is 10.7. The fraction of sp³-hybridized carbons (Fsp3) is 0.412. The molecule has 1 aromatic carbocycles. The monoisotopic (exact) mass is 298 g/mol. The average molecular weight is 298 g/mol. The summed E-state index contributed by atoms with van der Waals surface area (Å²) in [6.45, 7) is 2.11. The van der Waals surface area contributed by atoms with Gasteiger partial charge in [0.05, 0.1) is 12.6 Å². The average Bonchev–Trinajstić information content (AvgIpc) is 3.14. The van der Waals surface area contributed by atoms with Crippen molar-refractivity contribution < 1.29 is 4.79 Å². The molecule has 1 fully saturated rings. The van der Waals surface area contributed by atoms with Gasteiger partial charge < -0.3 is 10.6 Å². The maximum absolute atomic E-state index is 12.5. The number of aryl methyl sites for hydroxylation is 1. The highest BCUT2D eigenvalue weighted by Crippen LogP contribution is 2.32. The van der Waals surface area contributed by atoms with Crippen LogP contribution in [0.4, 0.5) is 0 Å². The smallest absolute Gasteiger partial charge is 0.227 e. The largest absolute Gasteiger partial charge is 0.341 e. The van der Waals surface area contributed by atoms with Crippen LogP contribution < -0.4 is 5.73 Å². The molecule has 1 amide bonds. The van der Waals surface area contributed by atoms with Gasteiger partial charge in [0.15, 0.2) is 0 Å². The molecule has 2 atom stereocenters. The van der Waals surface area contributed by atoms with Crippen molar-refractivity contribution in [3.63, 3.8) is 0 Å². The van der Waals surface area contributed by atoms with Gasteiger partial charge >= 0.3 is 0 Å². The lowest BCUT2D eigenvalue weighted by Gasteiger charge is -2.16. The van der Waals surface area contributed by atoms with Gasteiger partial charge in [-0.1, -0.05) is 30.3 Å². The zero-order valence-corrected chi connectivity index (χ0v) is 12.9. The lowest BCUT2D eigenvalue weighted by atomic mass is 9.89. The zero-order chi connectivity index (χ0) is 15.5. The molecule has 5 heteroatoms. The Hall–Kier alpha value is -2.14. The summed E-state index contributed by atoms with van der Waals surface area (Å²) in [7, 11) is 1.86. The molecule has 2 aromatic rings. The van der Waals surface area contributed by atoms with E-state index >= 15 is 0 Å². The quantitative estimate of drug-likeness (QED) is 0.921. The fourth-order valence-corrected chi connectivity index (χ4v) is 3.24. The van der Waals surface area contributed by atoms with Crippen molar-refractivity contribution in [2.24, 2.45) is 18.7 Å². The second-order valence-corrected chi connectivity index (χ2v) is 6.01. The van der Waals surface area contributed by atoms with E-state index in [1.165, 1.54) is 5.56 Å². The van der Waals surface area contributed by atoms with E-state index in [4.69, 9.17) is 5.73 Å². The van der Waals surface area contributed by atoms with Crippen LogP contribution in [0, 0.1) is 5.92 Å². The van der Waals surface area contributed by atoms with Gasteiger partial charge in [0.2, 0.25) is 5.91 Å². The summed E-state index contributed by atoms with van der Waals surface area (Å²) in [5, 5.41) is 4.12. The van der Waals surface area contributed by atoms with Gasteiger partial charge in [-0.25, -0.2) is 0 Å². The molecular weight excluding hydrogens is 276 g/mol. The summed E-state index contributed by atoms with van der Waals surface area (Å²) in [5.74, 6) is 0.828. The first kappa shape index (κ1) is 14.8. The van der Waals surface area contributed by atoms with E-state index in [9.17, 15) is 4.79 Å². The van der Waals surface area contributed by atoms with Crippen LogP contribution in [0.5, 0.6) is 0 Å². The summed E-state index contributed by atoms with van der Waals surface area (Å²) in [6, 6.07) is 10.4. The van der Waals surface area contributed by atoms with E-state index < -0.39 is 0 Å². The van der Waals surface area contributed by atoms with Crippen molar-refractivity contribution in [3.8, 4) is 0 Å². The fourth-order valence-electron chi connectivity index (χ4n) is 3.24. The Morgan fingerprint density at radius 2 is 2.09 bits per heavy atom. The molecule has 0 bridgehead atoms. The number of hydrogen-bond acceptors (Lipinski definition) is 3. The third-order valence-electron chi connectivity index (χ3n) is 4.44. The minimum Gasteiger partial charge on any atom is -0.341 e. The number of benzene rings is 1. The SMILES string of the molecule is Cn1cc(CC(=O)N2C[C@@H](CN)[C@H](c3ccccc3)C2)cn1. The highest BCUT2D eigenvalue weighted by atomic mass is 16.2. The number of hydrogen-bond donors (Lipinski definition) is 1. The van der Waals surface area contributed by atoms with E-state index in [0.29, 0.717) is 24.8 Å².